The van der Waals surface area contributed by atoms with Gasteiger partial charge >= 0.3 is 0 Å². The van der Waals surface area contributed by atoms with Crippen molar-refractivity contribution >= 4 is 11.3 Å². The number of rotatable bonds is 7. The third-order valence-corrected chi connectivity index (χ3v) is 5.57. The number of hydrogen-bond acceptors (Lipinski definition) is 4. The molecule has 0 saturated carbocycles. The molecule has 1 aromatic rings. The maximum atomic E-state index is 10.3. The van der Waals surface area contributed by atoms with E-state index in [2.05, 4.69) is 48.2 Å². The summed E-state index contributed by atoms with van der Waals surface area (Å²) in [6.07, 6.45) is 3.38. The van der Waals surface area contributed by atoms with E-state index in [1.807, 2.05) is 11.3 Å². The van der Waals surface area contributed by atoms with Crippen LogP contribution in [0.25, 0.3) is 0 Å². The first-order valence-corrected chi connectivity index (χ1v) is 9.05. The molecule has 1 N–H and O–H groups in total. The average Bonchev–Trinajstić information content (AvgIpc) is 2.94. The van der Waals surface area contributed by atoms with Crippen molar-refractivity contribution < 1.29 is 5.11 Å². The Morgan fingerprint density at radius 1 is 1.43 bits per heavy atom. The first-order chi connectivity index (χ1) is 10.0. The number of β-amino-alcohol motifs (C(OH)–C–C–N with tert-alkyl or cyclic N) is 1. The summed E-state index contributed by atoms with van der Waals surface area (Å²) in [6.45, 7) is 8.45. The summed E-state index contributed by atoms with van der Waals surface area (Å²) in [4.78, 5) is 6.13. The first kappa shape index (κ1) is 16.9. The number of likely N-dealkylation sites (tertiary alicyclic amines) is 1. The molecule has 1 aliphatic rings. The minimum atomic E-state index is -0.241. The van der Waals surface area contributed by atoms with Crippen molar-refractivity contribution in [2.45, 2.75) is 45.3 Å². The molecule has 0 aromatic carbocycles. The minimum absolute atomic E-state index is 0.241. The molecule has 0 bridgehead atoms. The lowest BCUT2D eigenvalue weighted by molar-refractivity contribution is 0.0591. The molecule has 2 rings (SSSR count). The summed E-state index contributed by atoms with van der Waals surface area (Å²) in [5.41, 5.74) is 0. The van der Waals surface area contributed by atoms with Crippen molar-refractivity contribution in [3.8, 4) is 0 Å². The van der Waals surface area contributed by atoms with Crippen LogP contribution in [0.15, 0.2) is 17.5 Å². The maximum Gasteiger partial charge on any atom is 0.0793 e. The molecule has 2 heterocycles. The molecule has 0 aliphatic carbocycles. The fourth-order valence-electron chi connectivity index (χ4n) is 2.99. The van der Waals surface area contributed by atoms with Crippen LogP contribution < -0.4 is 0 Å². The van der Waals surface area contributed by atoms with Crippen molar-refractivity contribution in [1.82, 2.24) is 9.80 Å². The number of likely N-dealkylation sites (N-methyl/N-ethyl adjacent to an activating group) is 1. The van der Waals surface area contributed by atoms with Gasteiger partial charge in [0.1, 0.15) is 0 Å². The zero-order valence-electron chi connectivity index (χ0n) is 13.7. The van der Waals surface area contributed by atoms with Gasteiger partial charge in [-0.2, -0.15) is 0 Å². The van der Waals surface area contributed by atoms with Crippen LogP contribution in [0.5, 0.6) is 0 Å². The average molecular weight is 311 g/mol. The second-order valence-corrected chi connectivity index (χ2v) is 7.74. The van der Waals surface area contributed by atoms with Crippen LogP contribution in [0.3, 0.4) is 0 Å². The standard InChI is InChI=1S/C17H30N2OS/c1-14-6-8-19(9-7-14)13-16(20)12-18(3)15(2)11-17-5-4-10-21-17/h4-5,10,14-16,20H,6-9,11-13H2,1-3H3. The van der Waals surface area contributed by atoms with Crippen molar-refractivity contribution in [3.63, 3.8) is 0 Å². The Labute approximate surface area is 133 Å². The second kappa shape index (κ2) is 8.28. The predicted molar refractivity (Wildman–Crippen MR) is 91.0 cm³/mol. The number of nitrogens with zero attached hydrogens (tertiary/aromatic N) is 2. The van der Waals surface area contributed by atoms with E-state index >= 15 is 0 Å². The number of piperidine rings is 1. The van der Waals surface area contributed by atoms with E-state index in [-0.39, 0.29) is 6.10 Å². The summed E-state index contributed by atoms with van der Waals surface area (Å²) in [7, 11) is 2.12. The van der Waals surface area contributed by atoms with Crippen LogP contribution >= 0.6 is 11.3 Å². The number of hydrogen-bond donors (Lipinski definition) is 1. The summed E-state index contributed by atoms with van der Waals surface area (Å²) < 4.78 is 0. The van der Waals surface area contributed by atoms with Crippen LogP contribution in [0, 0.1) is 5.92 Å². The van der Waals surface area contributed by atoms with Gasteiger partial charge in [-0.15, -0.1) is 11.3 Å². The Balaban J connectivity index is 1.69. The maximum absolute atomic E-state index is 10.3. The lowest BCUT2D eigenvalue weighted by atomic mass is 9.99. The molecule has 1 saturated heterocycles. The molecule has 0 amide bonds. The van der Waals surface area contributed by atoms with Crippen molar-refractivity contribution in [2.75, 3.05) is 33.2 Å². The molecule has 2 atom stereocenters. The van der Waals surface area contributed by atoms with Gasteiger partial charge in [0.05, 0.1) is 6.10 Å². The number of aliphatic hydroxyl groups excluding tert-OH is 1. The molecule has 0 radical (unpaired) electrons. The molecule has 0 spiro atoms. The monoisotopic (exact) mass is 310 g/mol. The van der Waals surface area contributed by atoms with E-state index in [9.17, 15) is 5.11 Å². The third kappa shape index (κ3) is 5.70. The minimum Gasteiger partial charge on any atom is -0.390 e. The van der Waals surface area contributed by atoms with Crippen LogP contribution in [-0.4, -0.2) is 60.3 Å². The zero-order valence-corrected chi connectivity index (χ0v) is 14.5. The van der Waals surface area contributed by atoms with Crippen LogP contribution in [0.1, 0.15) is 31.6 Å². The second-order valence-electron chi connectivity index (χ2n) is 6.71. The van der Waals surface area contributed by atoms with Crippen molar-refractivity contribution in [1.29, 1.82) is 0 Å². The van der Waals surface area contributed by atoms with Gasteiger partial charge in [-0.05, 0) is 63.7 Å². The molecule has 120 valence electrons. The van der Waals surface area contributed by atoms with Gasteiger partial charge in [0.25, 0.3) is 0 Å². The van der Waals surface area contributed by atoms with Gasteiger partial charge in [-0.3, -0.25) is 0 Å². The van der Waals surface area contributed by atoms with Gasteiger partial charge in [0.2, 0.25) is 0 Å². The van der Waals surface area contributed by atoms with Gasteiger partial charge in [0.15, 0.2) is 0 Å². The van der Waals surface area contributed by atoms with Gasteiger partial charge < -0.3 is 14.9 Å². The van der Waals surface area contributed by atoms with E-state index in [1.54, 1.807) is 0 Å². The topological polar surface area (TPSA) is 26.7 Å². The lowest BCUT2D eigenvalue weighted by Crippen LogP contribution is -2.44. The summed E-state index contributed by atoms with van der Waals surface area (Å²) >= 11 is 1.82. The Hall–Kier alpha value is -0.420. The fraction of sp³-hybridized carbons (Fsp3) is 0.765. The predicted octanol–water partition coefficient (Wildman–Crippen LogP) is 2.70. The van der Waals surface area contributed by atoms with E-state index in [1.165, 1.54) is 17.7 Å². The highest BCUT2D eigenvalue weighted by molar-refractivity contribution is 7.09. The highest BCUT2D eigenvalue weighted by Crippen LogP contribution is 2.17. The van der Waals surface area contributed by atoms with Crippen LogP contribution in [0.2, 0.25) is 0 Å². The summed E-state index contributed by atoms with van der Waals surface area (Å²) in [6, 6.07) is 4.78. The largest absolute Gasteiger partial charge is 0.390 e. The highest BCUT2D eigenvalue weighted by Gasteiger charge is 2.20. The Bertz CT molecular complexity index is 388. The number of aliphatic hydroxyl groups is 1. The quantitative estimate of drug-likeness (QED) is 0.839. The van der Waals surface area contributed by atoms with E-state index in [4.69, 9.17) is 0 Å². The van der Waals surface area contributed by atoms with Gasteiger partial charge in [-0.1, -0.05) is 13.0 Å². The van der Waals surface area contributed by atoms with Crippen LogP contribution in [0.4, 0.5) is 0 Å². The van der Waals surface area contributed by atoms with E-state index < -0.39 is 0 Å². The summed E-state index contributed by atoms with van der Waals surface area (Å²) in [5.74, 6) is 0.854. The lowest BCUT2D eigenvalue weighted by Gasteiger charge is -2.33. The zero-order chi connectivity index (χ0) is 15.2. The van der Waals surface area contributed by atoms with E-state index in [0.29, 0.717) is 6.04 Å². The third-order valence-electron chi connectivity index (χ3n) is 4.67. The van der Waals surface area contributed by atoms with Gasteiger partial charge in [-0.25, -0.2) is 0 Å². The van der Waals surface area contributed by atoms with Crippen LogP contribution in [-0.2, 0) is 6.42 Å². The molecule has 21 heavy (non-hydrogen) atoms. The smallest absolute Gasteiger partial charge is 0.0793 e. The SMILES string of the molecule is CC1CCN(CC(O)CN(C)C(C)Cc2cccs2)CC1. The molecule has 1 fully saturated rings. The molecule has 1 aromatic heterocycles. The fourth-order valence-corrected chi connectivity index (χ4v) is 3.81. The molecule has 1 aliphatic heterocycles. The molecule has 4 heteroatoms. The highest BCUT2D eigenvalue weighted by atomic mass is 32.1. The Morgan fingerprint density at radius 2 is 2.14 bits per heavy atom. The Kier molecular flexibility index (Phi) is 6.68. The summed E-state index contributed by atoms with van der Waals surface area (Å²) in [5, 5.41) is 12.5. The van der Waals surface area contributed by atoms with E-state index in [0.717, 1.165) is 38.5 Å². The van der Waals surface area contributed by atoms with Crippen molar-refractivity contribution in [2.24, 2.45) is 5.92 Å². The van der Waals surface area contributed by atoms with Gasteiger partial charge in [0, 0.05) is 24.0 Å². The molecule has 3 nitrogen and oxygen atoms in total. The Morgan fingerprint density at radius 3 is 2.76 bits per heavy atom. The molecular formula is C17H30N2OS. The molecular weight excluding hydrogens is 280 g/mol. The number of thiophene rings is 1. The first-order valence-electron chi connectivity index (χ1n) is 8.17. The van der Waals surface area contributed by atoms with Crippen molar-refractivity contribution in [3.05, 3.63) is 22.4 Å². The normalized spacial score (nSPS) is 20.8. The molecule has 2 unspecified atom stereocenters.